The van der Waals surface area contributed by atoms with Crippen LogP contribution in [-0.2, 0) is 4.79 Å². The van der Waals surface area contributed by atoms with Gasteiger partial charge in [-0.3, -0.25) is 9.59 Å². The number of rotatable bonds is 6. The van der Waals surface area contributed by atoms with E-state index < -0.39 is 0 Å². The second-order valence-electron chi connectivity index (χ2n) is 6.11. The van der Waals surface area contributed by atoms with Crippen molar-refractivity contribution >= 4 is 11.7 Å². The summed E-state index contributed by atoms with van der Waals surface area (Å²) in [6.07, 6.45) is 3.27. The summed E-state index contributed by atoms with van der Waals surface area (Å²) in [5, 5.41) is 12.4. The molecule has 21 heavy (non-hydrogen) atoms. The third-order valence-corrected chi connectivity index (χ3v) is 4.45. The third kappa shape index (κ3) is 3.91. The Morgan fingerprint density at radius 1 is 1.29 bits per heavy atom. The minimum Gasteiger partial charge on any atom is -0.396 e. The molecule has 1 aromatic carbocycles. The lowest BCUT2D eigenvalue weighted by atomic mass is 9.85. The van der Waals surface area contributed by atoms with Crippen LogP contribution in [-0.4, -0.2) is 29.4 Å². The molecule has 0 heterocycles. The molecule has 2 atom stereocenters. The molecule has 0 saturated heterocycles. The van der Waals surface area contributed by atoms with E-state index in [-0.39, 0.29) is 42.6 Å². The SMILES string of the molecule is CC1(CO)CCCC1NC(=O)CCC(=O)c1ccccc1. The van der Waals surface area contributed by atoms with Gasteiger partial charge in [0.05, 0.1) is 6.61 Å². The van der Waals surface area contributed by atoms with Crippen LogP contribution in [0.5, 0.6) is 0 Å². The Kier molecular flexibility index (Phi) is 5.12. The van der Waals surface area contributed by atoms with Crippen LogP contribution in [0.3, 0.4) is 0 Å². The van der Waals surface area contributed by atoms with E-state index in [0.29, 0.717) is 5.56 Å². The molecule has 2 rings (SSSR count). The zero-order chi connectivity index (χ0) is 15.3. The minimum absolute atomic E-state index is 0.0120. The molecule has 0 aromatic heterocycles. The van der Waals surface area contributed by atoms with E-state index in [1.807, 2.05) is 25.1 Å². The lowest BCUT2D eigenvalue weighted by molar-refractivity contribution is -0.122. The maximum absolute atomic E-state index is 12.0. The van der Waals surface area contributed by atoms with Crippen LogP contribution >= 0.6 is 0 Å². The third-order valence-electron chi connectivity index (χ3n) is 4.45. The van der Waals surface area contributed by atoms with Crippen LogP contribution in [0.4, 0.5) is 0 Å². The highest BCUT2D eigenvalue weighted by atomic mass is 16.3. The molecule has 4 nitrogen and oxygen atoms in total. The number of nitrogens with one attached hydrogen (secondary N) is 1. The van der Waals surface area contributed by atoms with E-state index in [1.165, 1.54) is 0 Å². The topological polar surface area (TPSA) is 66.4 Å². The van der Waals surface area contributed by atoms with Gasteiger partial charge < -0.3 is 10.4 Å². The van der Waals surface area contributed by atoms with E-state index in [4.69, 9.17) is 0 Å². The van der Waals surface area contributed by atoms with Gasteiger partial charge in [-0.05, 0) is 12.8 Å². The number of Topliss-reactive ketones (excluding diaryl/α,β-unsaturated/α-hetero) is 1. The van der Waals surface area contributed by atoms with Gasteiger partial charge in [0.2, 0.25) is 5.91 Å². The second-order valence-corrected chi connectivity index (χ2v) is 6.11. The van der Waals surface area contributed by atoms with Crippen LogP contribution in [0.15, 0.2) is 30.3 Å². The number of ketones is 1. The van der Waals surface area contributed by atoms with Crippen molar-refractivity contribution in [3.05, 3.63) is 35.9 Å². The predicted octanol–water partition coefficient (Wildman–Crippen LogP) is 2.32. The summed E-state index contributed by atoms with van der Waals surface area (Å²) in [7, 11) is 0. The molecule has 2 unspecified atom stereocenters. The number of aliphatic hydroxyl groups excluding tert-OH is 1. The second kappa shape index (κ2) is 6.85. The van der Waals surface area contributed by atoms with Gasteiger partial charge in [-0.1, -0.05) is 43.7 Å². The number of hydrogen-bond acceptors (Lipinski definition) is 3. The number of benzene rings is 1. The molecular formula is C17H23NO3. The van der Waals surface area contributed by atoms with Crippen molar-refractivity contribution in [2.75, 3.05) is 6.61 Å². The molecule has 1 saturated carbocycles. The number of amides is 1. The summed E-state index contributed by atoms with van der Waals surface area (Å²) in [6, 6.07) is 9.04. The van der Waals surface area contributed by atoms with Crippen molar-refractivity contribution in [2.24, 2.45) is 5.41 Å². The van der Waals surface area contributed by atoms with Gasteiger partial charge in [-0.2, -0.15) is 0 Å². The van der Waals surface area contributed by atoms with Crippen LogP contribution in [0, 0.1) is 5.41 Å². The van der Waals surface area contributed by atoms with E-state index >= 15 is 0 Å². The van der Waals surface area contributed by atoms with Crippen molar-refractivity contribution in [2.45, 2.75) is 45.1 Å². The molecule has 1 aliphatic carbocycles. The van der Waals surface area contributed by atoms with Crippen LogP contribution in [0.25, 0.3) is 0 Å². The Bertz CT molecular complexity index is 500. The highest BCUT2D eigenvalue weighted by molar-refractivity contribution is 5.97. The van der Waals surface area contributed by atoms with Gasteiger partial charge in [0, 0.05) is 29.9 Å². The highest BCUT2D eigenvalue weighted by Crippen LogP contribution is 2.37. The number of carbonyl (C=O) groups is 2. The predicted molar refractivity (Wildman–Crippen MR) is 81.0 cm³/mol. The zero-order valence-electron chi connectivity index (χ0n) is 12.5. The van der Waals surface area contributed by atoms with E-state index in [9.17, 15) is 14.7 Å². The molecule has 0 bridgehead atoms. The van der Waals surface area contributed by atoms with Gasteiger partial charge >= 0.3 is 0 Å². The molecule has 0 spiro atoms. The number of carbonyl (C=O) groups excluding carboxylic acids is 2. The quantitative estimate of drug-likeness (QED) is 0.790. The van der Waals surface area contributed by atoms with E-state index in [1.54, 1.807) is 12.1 Å². The minimum atomic E-state index is -0.223. The summed E-state index contributed by atoms with van der Waals surface area (Å²) in [5.41, 5.74) is 0.422. The fourth-order valence-electron chi connectivity index (χ4n) is 2.93. The van der Waals surface area contributed by atoms with Crippen molar-refractivity contribution in [1.82, 2.24) is 5.32 Å². The average Bonchev–Trinajstić information content (AvgIpc) is 2.87. The molecule has 4 heteroatoms. The summed E-state index contributed by atoms with van der Waals surface area (Å²) in [4.78, 5) is 23.9. The molecule has 114 valence electrons. The largest absolute Gasteiger partial charge is 0.396 e. The lowest BCUT2D eigenvalue weighted by Crippen LogP contribution is -2.44. The summed E-state index contributed by atoms with van der Waals surface area (Å²) >= 11 is 0. The first kappa shape index (κ1) is 15.7. The first-order valence-electron chi connectivity index (χ1n) is 7.53. The summed E-state index contributed by atoms with van der Waals surface area (Å²) in [6.45, 7) is 2.08. The average molecular weight is 289 g/mol. The first-order valence-corrected chi connectivity index (χ1v) is 7.53. The van der Waals surface area contributed by atoms with Crippen molar-refractivity contribution in [3.8, 4) is 0 Å². The maximum Gasteiger partial charge on any atom is 0.220 e. The molecule has 0 aliphatic heterocycles. The Morgan fingerprint density at radius 3 is 2.67 bits per heavy atom. The van der Waals surface area contributed by atoms with E-state index in [0.717, 1.165) is 19.3 Å². The number of hydrogen-bond donors (Lipinski definition) is 2. The fourth-order valence-corrected chi connectivity index (χ4v) is 2.93. The summed E-state index contributed by atoms with van der Waals surface area (Å²) < 4.78 is 0. The van der Waals surface area contributed by atoms with Crippen LogP contribution in [0.2, 0.25) is 0 Å². The van der Waals surface area contributed by atoms with Gasteiger partial charge in [-0.25, -0.2) is 0 Å². The normalized spacial score (nSPS) is 24.8. The van der Waals surface area contributed by atoms with Crippen molar-refractivity contribution < 1.29 is 14.7 Å². The van der Waals surface area contributed by atoms with Crippen LogP contribution in [0.1, 0.15) is 49.4 Å². The molecular weight excluding hydrogens is 266 g/mol. The number of aliphatic hydroxyl groups is 1. The summed E-state index contributed by atoms with van der Waals surface area (Å²) in [5.74, 6) is -0.118. The van der Waals surface area contributed by atoms with Crippen LogP contribution < -0.4 is 5.32 Å². The lowest BCUT2D eigenvalue weighted by Gasteiger charge is -2.30. The van der Waals surface area contributed by atoms with Gasteiger partial charge in [0.25, 0.3) is 0 Å². The molecule has 1 fully saturated rings. The standard InChI is InChI=1S/C17H23NO3/c1-17(12-19)11-5-8-15(17)18-16(21)10-9-14(20)13-6-3-2-4-7-13/h2-4,6-7,15,19H,5,8-12H2,1H3,(H,18,21). The molecule has 2 N–H and O–H groups in total. The Balaban J connectivity index is 1.81. The Hall–Kier alpha value is -1.68. The highest BCUT2D eigenvalue weighted by Gasteiger charge is 2.38. The molecule has 1 aliphatic rings. The Labute approximate surface area is 125 Å². The van der Waals surface area contributed by atoms with Crippen molar-refractivity contribution in [3.63, 3.8) is 0 Å². The first-order chi connectivity index (χ1) is 10.0. The maximum atomic E-state index is 12.0. The smallest absolute Gasteiger partial charge is 0.220 e. The Morgan fingerprint density at radius 2 is 2.00 bits per heavy atom. The zero-order valence-corrected chi connectivity index (χ0v) is 12.5. The van der Waals surface area contributed by atoms with E-state index in [2.05, 4.69) is 5.32 Å². The molecule has 1 aromatic rings. The fraction of sp³-hybridized carbons (Fsp3) is 0.529. The van der Waals surface area contributed by atoms with Gasteiger partial charge in [-0.15, -0.1) is 0 Å². The van der Waals surface area contributed by atoms with Gasteiger partial charge in [0.1, 0.15) is 0 Å². The monoisotopic (exact) mass is 289 g/mol. The van der Waals surface area contributed by atoms with Crippen molar-refractivity contribution in [1.29, 1.82) is 0 Å². The molecule has 1 amide bonds. The van der Waals surface area contributed by atoms with Gasteiger partial charge in [0.15, 0.2) is 5.78 Å². The molecule has 0 radical (unpaired) electrons.